The molecule has 5 nitrogen and oxygen atoms in total. The van der Waals surface area contributed by atoms with Gasteiger partial charge in [0, 0.05) is 11.1 Å². The molecule has 0 aliphatic rings. The molecule has 0 radical (unpaired) electrons. The molecule has 162 valence electrons. The lowest BCUT2D eigenvalue weighted by Gasteiger charge is -2.10. The number of alkyl halides is 3. The highest BCUT2D eigenvalue weighted by molar-refractivity contribution is 6.32. The van der Waals surface area contributed by atoms with E-state index in [9.17, 15) is 23.1 Å². The van der Waals surface area contributed by atoms with Crippen molar-refractivity contribution in [3.8, 4) is 22.7 Å². The van der Waals surface area contributed by atoms with Crippen LogP contribution >= 0.6 is 11.6 Å². The number of phenols is 1. The number of hydrogen-bond acceptors (Lipinski definition) is 3. The molecule has 0 aliphatic carbocycles. The molecular weight excluding hydrogens is 443 g/mol. The van der Waals surface area contributed by atoms with E-state index in [1.165, 1.54) is 30.3 Å². The van der Waals surface area contributed by atoms with Crippen LogP contribution in [0.2, 0.25) is 5.02 Å². The highest BCUT2D eigenvalue weighted by atomic mass is 35.5. The van der Waals surface area contributed by atoms with Crippen molar-refractivity contribution < 1.29 is 23.1 Å². The molecule has 32 heavy (non-hydrogen) atoms. The number of phenolic OH excluding ortho intramolecular Hbond substituents is 1. The van der Waals surface area contributed by atoms with Gasteiger partial charge in [-0.2, -0.15) is 18.3 Å². The van der Waals surface area contributed by atoms with Gasteiger partial charge in [-0.1, -0.05) is 48.0 Å². The number of nitrogens with zero attached hydrogens (tertiary/aromatic N) is 2. The summed E-state index contributed by atoms with van der Waals surface area (Å²) < 4.78 is 41.1. The number of hydrogen-bond donors (Lipinski definition) is 2. The highest BCUT2D eigenvalue weighted by Gasteiger charge is 2.35. The molecule has 0 aliphatic heterocycles. The monoisotopic (exact) mass is 457 g/mol. The topological polar surface area (TPSA) is 67.2 Å². The Labute approximate surface area is 185 Å². The maximum atomic E-state index is 13.3. The van der Waals surface area contributed by atoms with Gasteiger partial charge >= 0.3 is 6.18 Å². The van der Waals surface area contributed by atoms with Gasteiger partial charge in [0.2, 0.25) is 0 Å². The number of para-hydroxylation sites is 3. The Kier molecular flexibility index (Phi) is 5.63. The summed E-state index contributed by atoms with van der Waals surface area (Å²) in [6.45, 7) is 0. The van der Waals surface area contributed by atoms with Crippen LogP contribution in [-0.2, 0) is 6.18 Å². The van der Waals surface area contributed by atoms with Gasteiger partial charge in [0.25, 0.3) is 5.91 Å². The maximum Gasteiger partial charge on any atom is 0.435 e. The quantitative estimate of drug-likeness (QED) is 0.360. The van der Waals surface area contributed by atoms with E-state index in [0.717, 1.165) is 10.7 Å². The maximum absolute atomic E-state index is 13.3. The molecule has 0 atom stereocenters. The summed E-state index contributed by atoms with van der Waals surface area (Å²) in [5.74, 6) is -0.561. The van der Waals surface area contributed by atoms with E-state index in [0.29, 0.717) is 11.3 Å². The lowest BCUT2D eigenvalue weighted by atomic mass is 10.1. The standard InChI is InChI=1S/C23H15ClF3N3O2/c24-16-5-1-3-7-18(16)30-19(13-21(29-30)23(25,26)27)14-9-11-15(12-10-14)22(32)28-17-6-2-4-8-20(17)31/h1-13,31H,(H,28,32). The molecule has 4 aromatic rings. The van der Waals surface area contributed by atoms with Crippen molar-refractivity contribution in [2.45, 2.75) is 6.18 Å². The number of nitrogens with one attached hydrogen (secondary N) is 1. The van der Waals surface area contributed by atoms with E-state index < -0.39 is 17.8 Å². The van der Waals surface area contributed by atoms with Gasteiger partial charge in [-0.15, -0.1) is 0 Å². The van der Waals surface area contributed by atoms with Gasteiger partial charge in [-0.05, 0) is 42.5 Å². The van der Waals surface area contributed by atoms with Gasteiger partial charge in [0.15, 0.2) is 5.69 Å². The molecule has 4 rings (SSSR count). The third kappa shape index (κ3) is 4.31. The minimum atomic E-state index is -4.64. The average molecular weight is 458 g/mol. The largest absolute Gasteiger partial charge is 0.506 e. The lowest BCUT2D eigenvalue weighted by molar-refractivity contribution is -0.141. The predicted octanol–water partition coefficient (Wildman–Crippen LogP) is 6.17. The Morgan fingerprint density at radius 3 is 2.28 bits per heavy atom. The van der Waals surface area contributed by atoms with Gasteiger partial charge in [-0.25, -0.2) is 4.68 Å². The van der Waals surface area contributed by atoms with Gasteiger partial charge in [0.1, 0.15) is 5.75 Å². The summed E-state index contributed by atoms with van der Waals surface area (Å²) in [6.07, 6.45) is -4.64. The number of carbonyl (C=O) groups excluding carboxylic acids is 1. The Bertz CT molecular complexity index is 1280. The van der Waals surface area contributed by atoms with Crippen LogP contribution < -0.4 is 5.32 Å². The molecular formula is C23H15ClF3N3O2. The first-order valence-electron chi connectivity index (χ1n) is 9.36. The number of carbonyl (C=O) groups is 1. The number of rotatable bonds is 4. The Balaban J connectivity index is 1.69. The van der Waals surface area contributed by atoms with Crippen molar-refractivity contribution in [2.75, 3.05) is 5.32 Å². The minimum Gasteiger partial charge on any atom is -0.506 e. The third-order valence-corrected chi connectivity index (χ3v) is 5.00. The zero-order valence-corrected chi connectivity index (χ0v) is 17.0. The molecule has 9 heteroatoms. The summed E-state index contributed by atoms with van der Waals surface area (Å²) in [5.41, 5.74) is 0.310. The van der Waals surface area contributed by atoms with Crippen molar-refractivity contribution in [3.05, 3.63) is 95.1 Å². The molecule has 1 heterocycles. The van der Waals surface area contributed by atoms with E-state index in [-0.39, 0.29) is 27.7 Å². The fourth-order valence-electron chi connectivity index (χ4n) is 3.10. The summed E-state index contributed by atoms with van der Waals surface area (Å²) >= 11 is 6.18. The van der Waals surface area contributed by atoms with Crippen LogP contribution in [-0.4, -0.2) is 20.8 Å². The predicted molar refractivity (Wildman–Crippen MR) is 115 cm³/mol. The molecule has 2 N–H and O–H groups in total. The van der Waals surface area contributed by atoms with Crippen molar-refractivity contribution >= 4 is 23.2 Å². The summed E-state index contributed by atoms with van der Waals surface area (Å²) in [6, 6.07) is 19.6. The molecule has 0 spiro atoms. The minimum absolute atomic E-state index is 0.0826. The Morgan fingerprint density at radius 1 is 0.969 bits per heavy atom. The van der Waals surface area contributed by atoms with E-state index in [2.05, 4.69) is 10.4 Å². The smallest absolute Gasteiger partial charge is 0.435 e. The van der Waals surface area contributed by atoms with Crippen LogP contribution in [0.4, 0.5) is 18.9 Å². The van der Waals surface area contributed by atoms with Crippen LogP contribution in [0.15, 0.2) is 78.9 Å². The first kappa shape index (κ1) is 21.5. The molecule has 1 amide bonds. The van der Waals surface area contributed by atoms with Crippen LogP contribution in [0.1, 0.15) is 16.1 Å². The number of aromatic nitrogens is 2. The second-order valence-electron chi connectivity index (χ2n) is 6.82. The van der Waals surface area contributed by atoms with Crippen LogP contribution in [0.25, 0.3) is 16.9 Å². The second-order valence-corrected chi connectivity index (χ2v) is 7.23. The number of anilines is 1. The zero-order valence-electron chi connectivity index (χ0n) is 16.3. The first-order chi connectivity index (χ1) is 15.2. The average Bonchev–Trinajstić information content (AvgIpc) is 3.21. The highest BCUT2D eigenvalue weighted by Crippen LogP contribution is 2.34. The van der Waals surface area contributed by atoms with Crippen molar-refractivity contribution in [3.63, 3.8) is 0 Å². The van der Waals surface area contributed by atoms with E-state index in [1.54, 1.807) is 42.5 Å². The molecule has 0 saturated carbocycles. The van der Waals surface area contributed by atoms with E-state index in [4.69, 9.17) is 11.6 Å². The van der Waals surface area contributed by atoms with Crippen molar-refractivity contribution in [1.82, 2.24) is 9.78 Å². The van der Waals surface area contributed by atoms with Crippen LogP contribution in [0, 0.1) is 0 Å². The van der Waals surface area contributed by atoms with Crippen LogP contribution in [0.5, 0.6) is 5.75 Å². The van der Waals surface area contributed by atoms with E-state index >= 15 is 0 Å². The molecule has 0 bridgehead atoms. The number of aromatic hydroxyl groups is 1. The summed E-state index contributed by atoms with van der Waals surface area (Å²) in [5, 5.41) is 16.3. The SMILES string of the molecule is O=C(Nc1ccccc1O)c1ccc(-c2cc(C(F)(F)F)nn2-c2ccccc2Cl)cc1. The molecule has 1 aromatic heterocycles. The zero-order chi connectivity index (χ0) is 22.9. The first-order valence-corrected chi connectivity index (χ1v) is 9.74. The fourth-order valence-corrected chi connectivity index (χ4v) is 3.31. The molecule has 3 aromatic carbocycles. The molecule has 0 unspecified atom stereocenters. The molecule has 0 saturated heterocycles. The second kappa shape index (κ2) is 8.39. The van der Waals surface area contributed by atoms with Gasteiger partial charge < -0.3 is 10.4 Å². The van der Waals surface area contributed by atoms with Crippen molar-refractivity contribution in [1.29, 1.82) is 0 Å². The molecule has 0 fully saturated rings. The Morgan fingerprint density at radius 2 is 1.62 bits per heavy atom. The lowest BCUT2D eigenvalue weighted by Crippen LogP contribution is -2.11. The third-order valence-electron chi connectivity index (χ3n) is 4.68. The summed E-state index contributed by atoms with van der Waals surface area (Å²) in [7, 11) is 0. The number of amides is 1. The van der Waals surface area contributed by atoms with E-state index in [1.807, 2.05) is 0 Å². The fraction of sp³-hybridized carbons (Fsp3) is 0.0435. The van der Waals surface area contributed by atoms with Crippen molar-refractivity contribution in [2.24, 2.45) is 0 Å². The Hall–Kier alpha value is -3.78. The number of benzene rings is 3. The van der Waals surface area contributed by atoms with Gasteiger partial charge in [-0.3, -0.25) is 4.79 Å². The van der Waals surface area contributed by atoms with Crippen LogP contribution in [0.3, 0.4) is 0 Å². The van der Waals surface area contributed by atoms with Gasteiger partial charge in [0.05, 0.1) is 22.1 Å². The number of halogens is 4. The normalized spacial score (nSPS) is 11.4. The summed E-state index contributed by atoms with van der Waals surface area (Å²) in [4.78, 5) is 12.5.